The number of para-hydroxylation sites is 1. The normalized spacial score (nSPS) is 19.6. The van der Waals surface area contributed by atoms with Crippen molar-refractivity contribution < 1.29 is 13.2 Å². The number of nitrogens with zero attached hydrogens (tertiary/aromatic N) is 2. The second-order valence-electron chi connectivity index (χ2n) is 5.46. The van der Waals surface area contributed by atoms with E-state index in [0.717, 1.165) is 15.2 Å². The molecule has 1 aliphatic rings. The average Bonchev–Trinajstić information content (AvgIpc) is 2.43. The molecule has 3 rings (SSSR count). The van der Waals surface area contributed by atoms with Crippen LogP contribution in [-0.4, -0.2) is 28.4 Å². The number of benzene rings is 1. The molecule has 0 radical (unpaired) electrons. The maximum atomic E-state index is 12.1. The summed E-state index contributed by atoms with van der Waals surface area (Å²) in [6, 6.07) is 9.14. The first kappa shape index (κ1) is 14.3. The van der Waals surface area contributed by atoms with Crippen molar-refractivity contribution >= 4 is 38.4 Å². The maximum Gasteiger partial charge on any atom is 0.259 e. The average molecular weight is 325 g/mol. The molecule has 2 heterocycles. The van der Waals surface area contributed by atoms with Crippen molar-refractivity contribution in [1.29, 1.82) is 0 Å². The molecule has 1 saturated heterocycles. The van der Waals surface area contributed by atoms with Gasteiger partial charge >= 0.3 is 0 Å². The standard InChI is InChI=1S/C14H13ClN2O3S/c1-14(2)13(18)17(21(14,19)20)8-10-7-9-5-3-4-6-11(9)16-12(10)15/h3-7H,8H2,1-2H3. The van der Waals surface area contributed by atoms with Gasteiger partial charge in [-0.2, -0.15) is 0 Å². The van der Waals surface area contributed by atoms with Crippen LogP contribution >= 0.6 is 11.6 Å². The third kappa shape index (κ3) is 1.93. The van der Waals surface area contributed by atoms with Crippen molar-refractivity contribution in [2.24, 2.45) is 0 Å². The summed E-state index contributed by atoms with van der Waals surface area (Å²) in [7, 11) is -3.62. The van der Waals surface area contributed by atoms with Crippen LogP contribution in [0.1, 0.15) is 19.4 Å². The zero-order valence-electron chi connectivity index (χ0n) is 11.5. The van der Waals surface area contributed by atoms with Gasteiger partial charge in [0, 0.05) is 10.9 Å². The van der Waals surface area contributed by atoms with Gasteiger partial charge in [0.05, 0.1) is 12.1 Å². The minimum absolute atomic E-state index is 0.0821. The Hall–Kier alpha value is -1.66. The molecule has 0 atom stereocenters. The molecule has 7 heteroatoms. The smallest absolute Gasteiger partial charge is 0.259 e. The fourth-order valence-electron chi connectivity index (χ4n) is 2.31. The van der Waals surface area contributed by atoms with Gasteiger partial charge in [0.2, 0.25) is 0 Å². The number of fused-ring (bicyclic) bond motifs is 1. The van der Waals surface area contributed by atoms with Gasteiger partial charge in [-0.3, -0.25) is 4.79 Å². The van der Waals surface area contributed by atoms with E-state index < -0.39 is 20.7 Å². The summed E-state index contributed by atoms with van der Waals surface area (Å²) >= 11 is 6.10. The number of aromatic nitrogens is 1. The Morgan fingerprint density at radius 3 is 2.62 bits per heavy atom. The van der Waals surface area contributed by atoms with Crippen molar-refractivity contribution in [3.8, 4) is 0 Å². The minimum atomic E-state index is -3.62. The highest BCUT2D eigenvalue weighted by molar-refractivity contribution is 7.94. The van der Waals surface area contributed by atoms with Gasteiger partial charge in [-0.25, -0.2) is 17.7 Å². The van der Waals surface area contributed by atoms with E-state index in [0.29, 0.717) is 5.56 Å². The summed E-state index contributed by atoms with van der Waals surface area (Å²) in [5, 5.41) is 1.06. The molecule has 1 aromatic heterocycles. The number of amides is 1. The molecule has 5 nitrogen and oxygen atoms in total. The Bertz CT molecular complexity index is 862. The molecule has 21 heavy (non-hydrogen) atoms. The van der Waals surface area contributed by atoms with Gasteiger partial charge in [-0.05, 0) is 26.0 Å². The summed E-state index contributed by atoms with van der Waals surface area (Å²) in [6.07, 6.45) is 0. The molecular weight excluding hydrogens is 312 g/mol. The first-order chi connectivity index (χ1) is 9.75. The van der Waals surface area contributed by atoms with E-state index in [1.807, 2.05) is 24.3 Å². The fourth-order valence-corrected chi connectivity index (χ4v) is 4.03. The van der Waals surface area contributed by atoms with Gasteiger partial charge in [0.1, 0.15) is 5.15 Å². The summed E-state index contributed by atoms with van der Waals surface area (Å²) in [6.45, 7) is 2.73. The summed E-state index contributed by atoms with van der Waals surface area (Å²) in [5.41, 5.74) is 1.24. The minimum Gasteiger partial charge on any atom is -0.272 e. The van der Waals surface area contributed by atoms with Gasteiger partial charge < -0.3 is 0 Å². The molecule has 0 N–H and O–H groups in total. The molecule has 0 unspecified atom stereocenters. The van der Waals surface area contributed by atoms with E-state index in [9.17, 15) is 13.2 Å². The van der Waals surface area contributed by atoms with E-state index in [4.69, 9.17) is 11.6 Å². The first-order valence-electron chi connectivity index (χ1n) is 6.36. The molecule has 1 amide bonds. The molecule has 1 aromatic carbocycles. The number of sulfonamides is 1. The highest BCUT2D eigenvalue weighted by atomic mass is 35.5. The summed E-state index contributed by atoms with van der Waals surface area (Å²) in [4.78, 5) is 16.2. The number of halogens is 1. The molecule has 1 aliphatic heterocycles. The Morgan fingerprint density at radius 1 is 1.29 bits per heavy atom. The second-order valence-corrected chi connectivity index (χ2v) is 8.23. The highest BCUT2D eigenvalue weighted by Crippen LogP contribution is 2.37. The lowest BCUT2D eigenvalue weighted by molar-refractivity contribution is -0.132. The van der Waals surface area contributed by atoms with Crippen molar-refractivity contribution in [3.63, 3.8) is 0 Å². The van der Waals surface area contributed by atoms with Crippen LogP contribution in [0.2, 0.25) is 5.15 Å². The van der Waals surface area contributed by atoms with Crippen LogP contribution in [0.5, 0.6) is 0 Å². The zero-order valence-corrected chi connectivity index (χ0v) is 13.1. The summed E-state index contributed by atoms with van der Waals surface area (Å²) < 4.78 is 23.7. The quantitative estimate of drug-likeness (QED) is 0.795. The van der Waals surface area contributed by atoms with E-state index in [-0.39, 0.29) is 11.7 Å². The molecule has 110 valence electrons. The van der Waals surface area contributed by atoms with E-state index in [2.05, 4.69) is 4.98 Å². The van der Waals surface area contributed by atoms with Crippen LogP contribution in [0, 0.1) is 0 Å². The lowest BCUT2D eigenvalue weighted by Gasteiger charge is -2.43. The number of carbonyl (C=O) groups is 1. The van der Waals surface area contributed by atoms with Crippen LogP contribution in [0.4, 0.5) is 0 Å². The van der Waals surface area contributed by atoms with Crippen LogP contribution in [0.25, 0.3) is 10.9 Å². The molecule has 0 aliphatic carbocycles. The van der Waals surface area contributed by atoms with Crippen LogP contribution in [-0.2, 0) is 21.4 Å². The van der Waals surface area contributed by atoms with E-state index >= 15 is 0 Å². The number of rotatable bonds is 2. The molecule has 0 bridgehead atoms. The third-order valence-corrected chi connectivity index (χ3v) is 6.41. The third-order valence-electron chi connectivity index (χ3n) is 3.74. The molecule has 0 saturated carbocycles. The van der Waals surface area contributed by atoms with Crippen molar-refractivity contribution in [1.82, 2.24) is 9.29 Å². The molecule has 0 spiro atoms. The van der Waals surface area contributed by atoms with Crippen LogP contribution in [0.15, 0.2) is 30.3 Å². The number of carbonyl (C=O) groups excluding carboxylic acids is 1. The van der Waals surface area contributed by atoms with Crippen molar-refractivity contribution in [2.75, 3.05) is 0 Å². The Kier molecular flexibility index (Phi) is 3.00. The first-order valence-corrected chi connectivity index (χ1v) is 8.18. The lowest BCUT2D eigenvalue weighted by atomic mass is 10.1. The highest BCUT2D eigenvalue weighted by Gasteiger charge is 2.60. The number of hydrogen-bond donors (Lipinski definition) is 0. The van der Waals surface area contributed by atoms with Gasteiger partial charge in [0.15, 0.2) is 4.75 Å². The van der Waals surface area contributed by atoms with Crippen LogP contribution < -0.4 is 0 Å². The van der Waals surface area contributed by atoms with E-state index in [1.165, 1.54) is 13.8 Å². The fraction of sp³-hybridized carbons (Fsp3) is 0.286. The van der Waals surface area contributed by atoms with Gasteiger partial charge in [-0.15, -0.1) is 0 Å². The predicted octanol–water partition coefficient (Wildman–Crippen LogP) is 2.34. The van der Waals surface area contributed by atoms with Gasteiger partial charge in [-0.1, -0.05) is 29.8 Å². The summed E-state index contributed by atoms with van der Waals surface area (Å²) in [5.74, 6) is -0.424. The largest absolute Gasteiger partial charge is 0.272 e. The second kappa shape index (κ2) is 4.42. The SMILES string of the molecule is CC1(C)C(=O)N(Cc2cc3ccccc3nc2Cl)S1(=O)=O. The molecule has 1 fully saturated rings. The van der Waals surface area contributed by atoms with Crippen molar-refractivity contribution in [2.45, 2.75) is 25.1 Å². The Labute approximate surface area is 127 Å². The topological polar surface area (TPSA) is 67.3 Å². The van der Waals surface area contributed by atoms with Gasteiger partial charge in [0.25, 0.3) is 15.9 Å². The number of hydrogen-bond acceptors (Lipinski definition) is 4. The van der Waals surface area contributed by atoms with Crippen molar-refractivity contribution in [3.05, 3.63) is 41.0 Å². The maximum absolute atomic E-state index is 12.1. The predicted molar refractivity (Wildman–Crippen MR) is 80.3 cm³/mol. The number of pyridine rings is 1. The monoisotopic (exact) mass is 324 g/mol. The van der Waals surface area contributed by atoms with E-state index in [1.54, 1.807) is 6.07 Å². The molecule has 2 aromatic rings. The molecular formula is C14H13ClN2O3S. The Balaban J connectivity index is 2.00. The Morgan fingerprint density at radius 2 is 1.95 bits per heavy atom. The zero-order chi connectivity index (χ0) is 15.4. The van der Waals surface area contributed by atoms with Crippen LogP contribution in [0.3, 0.4) is 0 Å². The lowest BCUT2D eigenvalue weighted by Crippen LogP contribution is -2.66.